The normalized spacial score (nSPS) is 18.2. The Bertz CT molecular complexity index is 507. The highest BCUT2D eigenvalue weighted by molar-refractivity contribution is 5.95. The summed E-state index contributed by atoms with van der Waals surface area (Å²) >= 11 is 0. The van der Waals surface area contributed by atoms with Gasteiger partial charge in [-0.3, -0.25) is 9.69 Å². The number of benzene rings is 1. The van der Waals surface area contributed by atoms with Crippen LogP contribution in [0, 0.1) is 0 Å². The van der Waals surface area contributed by atoms with Crippen molar-refractivity contribution >= 4 is 17.3 Å². The van der Waals surface area contributed by atoms with Crippen molar-refractivity contribution in [2.45, 2.75) is 25.4 Å². The Hall–Kier alpha value is -1.79. The van der Waals surface area contributed by atoms with Crippen molar-refractivity contribution in [2.24, 2.45) is 0 Å². The molecule has 2 rings (SSSR count). The molecule has 1 aromatic carbocycles. The van der Waals surface area contributed by atoms with Gasteiger partial charge >= 0.3 is 0 Å². The van der Waals surface area contributed by atoms with Gasteiger partial charge in [0.25, 0.3) is 0 Å². The molecule has 116 valence electrons. The number of carbonyl (C=O) groups is 1. The fourth-order valence-electron chi connectivity index (χ4n) is 2.37. The molecule has 21 heavy (non-hydrogen) atoms. The second kappa shape index (κ2) is 6.32. The molecule has 0 radical (unpaired) electrons. The molecule has 1 fully saturated rings. The van der Waals surface area contributed by atoms with Crippen LogP contribution in [0.15, 0.2) is 18.2 Å². The highest BCUT2D eigenvalue weighted by atomic mass is 16.5. The predicted molar refractivity (Wildman–Crippen MR) is 82.3 cm³/mol. The molecule has 4 N–H and O–H groups in total. The Morgan fingerprint density at radius 3 is 2.71 bits per heavy atom. The maximum atomic E-state index is 12.0. The van der Waals surface area contributed by atoms with E-state index >= 15 is 0 Å². The van der Waals surface area contributed by atoms with Gasteiger partial charge in [-0.15, -0.1) is 0 Å². The van der Waals surface area contributed by atoms with Crippen molar-refractivity contribution in [1.82, 2.24) is 4.90 Å². The van der Waals surface area contributed by atoms with Crippen LogP contribution < -0.4 is 15.8 Å². The Labute approximate surface area is 124 Å². The zero-order chi connectivity index (χ0) is 15.5. The van der Waals surface area contributed by atoms with E-state index in [9.17, 15) is 9.90 Å². The van der Waals surface area contributed by atoms with Crippen LogP contribution in [-0.2, 0) is 4.79 Å². The van der Waals surface area contributed by atoms with Crippen molar-refractivity contribution < 1.29 is 14.6 Å². The summed E-state index contributed by atoms with van der Waals surface area (Å²) in [5.74, 6) is 0.553. The quantitative estimate of drug-likeness (QED) is 0.723. The van der Waals surface area contributed by atoms with Crippen LogP contribution >= 0.6 is 0 Å². The number of rotatable bonds is 4. The lowest BCUT2D eigenvalue weighted by Crippen LogP contribution is -2.45. The summed E-state index contributed by atoms with van der Waals surface area (Å²) in [4.78, 5) is 14.1. The van der Waals surface area contributed by atoms with Gasteiger partial charge in [-0.05, 0) is 31.9 Å². The second-order valence-corrected chi connectivity index (χ2v) is 5.77. The third-order valence-corrected chi connectivity index (χ3v) is 3.83. The predicted octanol–water partition coefficient (Wildman–Crippen LogP) is 1.06. The summed E-state index contributed by atoms with van der Waals surface area (Å²) in [5, 5.41) is 12.7. The van der Waals surface area contributed by atoms with Crippen molar-refractivity contribution in [3.05, 3.63) is 18.2 Å². The standard InChI is InChI=1S/C15H23N3O3/c1-15(20)5-7-18(8-6-15)10-14(19)17-13-4-3-11(21-2)9-12(13)16/h3-4,9,20H,5-8,10,16H2,1-2H3,(H,17,19). The third-order valence-electron chi connectivity index (χ3n) is 3.83. The average molecular weight is 293 g/mol. The first kappa shape index (κ1) is 15.6. The van der Waals surface area contributed by atoms with Crippen molar-refractivity contribution in [1.29, 1.82) is 0 Å². The highest BCUT2D eigenvalue weighted by Crippen LogP contribution is 2.24. The number of nitrogens with zero attached hydrogens (tertiary/aromatic N) is 1. The minimum Gasteiger partial charge on any atom is -0.497 e. The number of nitrogens with one attached hydrogen (secondary N) is 1. The van der Waals surface area contributed by atoms with Crippen LogP contribution in [0.1, 0.15) is 19.8 Å². The molecule has 1 saturated heterocycles. The second-order valence-electron chi connectivity index (χ2n) is 5.77. The fraction of sp³-hybridized carbons (Fsp3) is 0.533. The molecule has 1 amide bonds. The average Bonchev–Trinajstić information content (AvgIpc) is 2.43. The van der Waals surface area contributed by atoms with Crippen LogP contribution in [0.3, 0.4) is 0 Å². The largest absolute Gasteiger partial charge is 0.497 e. The van der Waals surface area contributed by atoms with Gasteiger partial charge in [-0.1, -0.05) is 0 Å². The number of ether oxygens (including phenoxy) is 1. The number of amides is 1. The number of aliphatic hydroxyl groups is 1. The van der Waals surface area contributed by atoms with E-state index in [-0.39, 0.29) is 5.91 Å². The Morgan fingerprint density at radius 2 is 2.14 bits per heavy atom. The van der Waals surface area contributed by atoms with E-state index in [0.29, 0.717) is 36.5 Å². The molecule has 6 heteroatoms. The summed E-state index contributed by atoms with van der Waals surface area (Å²) in [6.07, 6.45) is 1.37. The fourth-order valence-corrected chi connectivity index (χ4v) is 2.37. The van der Waals surface area contributed by atoms with E-state index in [1.54, 1.807) is 25.3 Å². The molecule has 0 unspecified atom stereocenters. The molecular weight excluding hydrogens is 270 g/mol. The van der Waals surface area contributed by atoms with Gasteiger partial charge in [-0.2, -0.15) is 0 Å². The molecule has 0 aromatic heterocycles. The molecule has 0 spiro atoms. The van der Waals surface area contributed by atoms with Crippen LogP contribution in [0.5, 0.6) is 5.75 Å². The minimum atomic E-state index is -0.604. The Kier molecular flexibility index (Phi) is 4.69. The van der Waals surface area contributed by atoms with E-state index in [4.69, 9.17) is 10.5 Å². The zero-order valence-corrected chi connectivity index (χ0v) is 12.6. The van der Waals surface area contributed by atoms with E-state index in [0.717, 1.165) is 13.1 Å². The van der Waals surface area contributed by atoms with E-state index < -0.39 is 5.60 Å². The highest BCUT2D eigenvalue weighted by Gasteiger charge is 2.28. The van der Waals surface area contributed by atoms with E-state index in [1.807, 2.05) is 11.8 Å². The summed E-state index contributed by atoms with van der Waals surface area (Å²) in [6.45, 7) is 3.58. The molecule has 1 heterocycles. The molecule has 0 bridgehead atoms. The van der Waals surface area contributed by atoms with Crippen LogP contribution in [0.25, 0.3) is 0 Å². The van der Waals surface area contributed by atoms with Gasteiger partial charge < -0.3 is 20.9 Å². The minimum absolute atomic E-state index is 0.103. The first-order chi connectivity index (χ1) is 9.89. The zero-order valence-electron chi connectivity index (χ0n) is 12.6. The molecule has 1 aromatic rings. The van der Waals surface area contributed by atoms with E-state index in [2.05, 4.69) is 5.32 Å². The maximum Gasteiger partial charge on any atom is 0.238 e. The first-order valence-corrected chi connectivity index (χ1v) is 7.08. The molecular formula is C15H23N3O3. The van der Waals surface area contributed by atoms with Crippen molar-refractivity contribution in [3.63, 3.8) is 0 Å². The van der Waals surface area contributed by atoms with Crippen LogP contribution in [0.4, 0.5) is 11.4 Å². The summed E-state index contributed by atoms with van der Waals surface area (Å²) in [7, 11) is 1.57. The number of hydrogen-bond donors (Lipinski definition) is 3. The molecule has 0 atom stereocenters. The summed E-state index contributed by atoms with van der Waals surface area (Å²) < 4.78 is 5.07. The molecule has 1 aliphatic heterocycles. The van der Waals surface area contributed by atoms with Crippen molar-refractivity contribution in [3.8, 4) is 5.75 Å². The third kappa shape index (κ3) is 4.34. The number of likely N-dealkylation sites (tertiary alicyclic amines) is 1. The number of hydrogen-bond acceptors (Lipinski definition) is 5. The first-order valence-electron chi connectivity index (χ1n) is 7.08. The topological polar surface area (TPSA) is 87.8 Å². The van der Waals surface area contributed by atoms with Crippen LogP contribution in [0.2, 0.25) is 0 Å². The smallest absolute Gasteiger partial charge is 0.238 e. The van der Waals surface area contributed by atoms with Crippen molar-refractivity contribution in [2.75, 3.05) is 37.8 Å². The van der Waals surface area contributed by atoms with Gasteiger partial charge in [0.15, 0.2) is 0 Å². The Morgan fingerprint density at radius 1 is 1.48 bits per heavy atom. The summed E-state index contributed by atoms with van der Waals surface area (Å²) in [6, 6.07) is 5.16. The maximum absolute atomic E-state index is 12.0. The van der Waals surface area contributed by atoms with E-state index in [1.165, 1.54) is 0 Å². The van der Waals surface area contributed by atoms with Gasteiger partial charge in [0.2, 0.25) is 5.91 Å². The molecule has 0 aliphatic carbocycles. The number of nitrogens with two attached hydrogens (primary N) is 1. The molecule has 1 aliphatic rings. The molecule has 0 saturated carbocycles. The Balaban J connectivity index is 1.88. The lowest BCUT2D eigenvalue weighted by atomic mass is 9.94. The lowest BCUT2D eigenvalue weighted by Gasteiger charge is -2.35. The van der Waals surface area contributed by atoms with Crippen LogP contribution in [-0.4, -0.2) is 48.3 Å². The number of carbonyl (C=O) groups excluding carboxylic acids is 1. The SMILES string of the molecule is COc1ccc(NC(=O)CN2CCC(C)(O)CC2)c(N)c1. The number of anilines is 2. The van der Waals surface area contributed by atoms with Gasteiger partial charge in [0.1, 0.15) is 5.75 Å². The lowest BCUT2D eigenvalue weighted by molar-refractivity contribution is -0.118. The van der Waals surface area contributed by atoms with Gasteiger partial charge in [0, 0.05) is 19.2 Å². The monoisotopic (exact) mass is 293 g/mol. The van der Waals surface area contributed by atoms with Gasteiger partial charge in [-0.25, -0.2) is 0 Å². The number of nitrogen functional groups attached to an aromatic ring is 1. The summed E-state index contributed by atoms with van der Waals surface area (Å²) in [5.41, 5.74) is 6.33. The molecule has 6 nitrogen and oxygen atoms in total. The van der Waals surface area contributed by atoms with Gasteiger partial charge in [0.05, 0.1) is 30.6 Å². The number of methoxy groups -OCH3 is 1. The number of piperidine rings is 1.